The fraction of sp³-hybridized carbons (Fsp3) is 0.324. The fourth-order valence-electron chi connectivity index (χ4n) is 4.67. The number of benzene rings is 3. The normalized spacial score (nSPS) is 12.5. The molecule has 3 aromatic carbocycles. The van der Waals surface area contributed by atoms with Gasteiger partial charge in [-0.2, -0.15) is 0 Å². The zero-order chi connectivity index (χ0) is 30.1. The van der Waals surface area contributed by atoms with E-state index in [9.17, 15) is 9.90 Å². The lowest BCUT2D eigenvalue weighted by Crippen LogP contribution is -2.34. The number of rotatable bonds is 14. The quantitative estimate of drug-likeness (QED) is 0.134. The molecule has 0 radical (unpaired) electrons. The van der Waals surface area contributed by atoms with Crippen LogP contribution in [0.4, 0.5) is 11.5 Å². The van der Waals surface area contributed by atoms with Crippen molar-refractivity contribution < 1.29 is 24.1 Å². The van der Waals surface area contributed by atoms with E-state index in [1.165, 1.54) is 11.9 Å². The highest BCUT2D eigenvalue weighted by atomic mass is 16.5. The summed E-state index contributed by atoms with van der Waals surface area (Å²) in [7, 11) is 1.60. The lowest BCUT2D eigenvalue weighted by atomic mass is 9.79. The molecule has 0 fully saturated rings. The number of methoxy groups -OCH3 is 1. The Morgan fingerprint density at radius 2 is 1.76 bits per heavy atom. The van der Waals surface area contributed by atoms with E-state index in [0.29, 0.717) is 47.4 Å². The van der Waals surface area contributed by atoms with Crippen LogP contribution < -0.4 is 14.8 Å². The minimum atomic E-state index is -1.14. The molecule has 2 N–H and O–H groups in total. The van der Waals surface area contributed by atoms with Gasteiger partial charge < -0.3 is 24.6 Å². The summed E-state index contributed by atoms with van der Waals surface area (Å²) in [6.07, 6.45) is 8.23. The molecule has 0 amide bonds. The van der Waals surface area contributed by atoms with Crippen LogP contribution in [0.1, 0.15) is 43.9 Å². The van der Waals surface area contributed by atoms with Crippen LogP contribution in [0, 0.1) is 18.3 Å². The van der Waals surface area contributed by atoms with Gasteiger partial charge in [-0.25, -0.2) is 9.97 Å². The lowest BCUT2D eigenvalue weighted by Gasteiger charge is -2.26. The van der Waals surface area contributed by atoms with Gasteiger partial charge in [0.15, 0.2) is 11.5 Å². The molecule has 4 rings (SSSR count). The zero-order valence-corrected chi connectivity index (χ0v) is 24.5. The first-order valence-corrected chi connectivity index (χ1v) is 13.9. The summed E-state index contributed by atoms with van der Waals surface area (Å²) in [5.41, 5.74) is 2.96. The minimum absolute atomic E-state index is 0.142. The SMILES string of the molecule is C#Cc1cccc(Nc2ncnc3cc(OCCOC)c(OCCC(C)(C(=O)O)c4ccc(CC(C)C)cc4)cc23)c1. The number of carbonyl (C=O) groups is 1. The summed E-state index contributed by atoms with van der Waals surface area (Å²) in [5.74, 6) is 3.75. The molecule has 8 heteroatoms. The van der Waals surface area contributed by atoms with Crippen molar-refractivity contribution >= 4 is 28.4 Å². The summed E-state index contributed by atoms with van der Waals surface area (Å²) < 4.78 is 17.3. The summed E-state index contributed by atoms with van der Waals surface area (Å²) in [4.78, 5) is 21.3. The predicted molar refractivity (Wildman–Crippen MR) is 165 cm³/mol. The number of carboxylic acid groups (broad SMARTS) is 1. The maximum atomic E-state index is 12.5. The molecular formula is C34H37N3O5. The van der Waals surface area contributed by atoms with Gasteiger partial charge in [-0.05, 0) is 54.7 Å². The molecule has 0 bridgehead atoms. The lowest BCUT2D eigenvalue weighted by molar-refractivity contribution is -0.143. The second-order valence-corrected chi connectivity index (χ2v) is 10.8. The van der Waals surface area contributed by atoms with Gasteiger partial charge in [-0.15, -0.1) is 6.42 Å². The van der Waals surface area contributed by atoms with Crippen LogP contribution in [0.15, 0.2) is 67.0 Å². The van der Waals surface area contributed by atoms with Crippen molar-refractivity contribution in [1.82, 2.24) is 9.97 Å². The number of fused-ring (bicyclic) bond motifs is 1. The predicted octanol–water partition coefficient (Wildman–Crippen LogP) is 6.39. The molecule has 0 spiro atoms. The van der Waals surface area contributed by atoms with Crippen molar-refractivity contribution in [3.63, 3.8) is 0 Å². The van der Waals surface area contributed by atoms with Crippen molar-refractivity contribution in [2.45, 2.75) is 39.0 Å². The van der Waals surface area contributed by atoms with E-state index in [0.717, 1.165) is 23.2 Å². The number of ether oxygens (including phenoxy) is 3. The highest BCUT2D eigenvalue weighted by Crippen LogP contribution is 2.36. The third-order valence-corrected chi connectivity index (χ3v) is 7.10. The summed E-state index contributed by atoms with van der Waals surface area (Å²) in [5, 5.41) is 14.2. The molecule has 0 saturated carbocycles. The highest BCUT2D eigenvalue weighted by Gasteiger charge is 2.35. The Labute approximate surface area is 247 Å². The number of hydrogen-bond donors (Lipinski definition) is 2. The second kappa shape index (κ2) is 13.8. The largest absolute Gasteiger partial charge is 0.490 e. The van der Waals surface area contributed by atoms with Gasteiger partial charge in [0.05, 0.1) is 24.1 Å². The van der Waals surface area contributed by atoms with Crippen molar-refractivity contribution in [3.05, 3.63) is 83.7 Å². The number of terminal acetylenes is 1. The molecule has 0 saturated heterocycles. The third kappa shape index (κ3) is 7.36. The summed E-state index contributed by atoms with van der Waals surface area (Å²) >= 11 is 0. The van der Waals surface area contributed by atoms with Gasteiger partial charge in [0.25, 0.3) is 0 Å². The van der Waals surface area contributed by atoms with Crippen molar-refractivity contribution in [2.75, 3.05) is 32.2 Å². The second-order valence-electron chi connectivity index (χ2n) is 10.8. The Kier molecular flexibility index (Phi) is 10.00. The smallest absolute Gasteiger partial charge is 0.313 e. The van der Waals surface area contributed by atoms with E-state index in [-0.39, 0.29) is 13.0 Å². The van der Waals surface area contributed by atoms with E-state index >= 15 is 0 Å². The Morgan fingerprint density at radius 1 is 1.02 bits per heavy atom. The van der Waals surface area contributed by atoms with E-state index in [1.54, 1.807) is 20.1 Å². The average molecular weight is 568 g/mol. The number of nitrogens with zero attached hydrogens (tertiary/aromatic N) is 2. The van der Waals surface area contributed by atoms with Crippen LogP contribution in [-0.4, -0.2) is 48.0 Å². The Hall–Kier alpha value is -4.61. The van der Waals surface area contributed by atoms with E-state index in [2.05, 4.69) is 35.1 Å². The maximum Gasteiger partial charge on any atom is 0.313 e. The molecule has 218 valence electrons. The standard InChI is InChI=1S/C34H37N3O5/c1-6-24-8-7-9-27(19-24)37-32-28-20-30(31(42-17-16-40-5)21-29(28)35-22-36-32)41-15-14-34(4,33(38)39)26-12-10-25(11-13-26)18-23(2)3/h1,7-13,19-23H,14-18H2,2-5H3,(H,38,39)(H,35,36,37). The monoisotopic (exact) mass is 567 g/mol. The Balaban J connectivity index is 1.61. The van der Waals surface area contributed by atoms with Crippen LogP contribution in [0.2, 0.25) is 0 Å². The molecule has 1 atom stereocenters. The Morgan fingerprint density at radius 3 is 2.45 bits per heavy atom. The highest BCUT2D eigenvalue weighted by molar-refractivity contribution is 5.93. The summed E-state index contributed by atoms with van der Waals surface area (Å²) in [6, 6.07) is 18.9. The fourth-order valence-corrected chi connectivity index (χ4v) is 4.67. The van der Waals surface area contributed by atoms with Gasteiger partial charge >= 0.3 is 5.97 Å². The van der Waals surface area contributed by atoms with E-state index in [1.807, 2.05) is 54.6 Å². The molecule has 4 aromatic rings. The average Bonchev–Trinajstić information content (AvgIpc) is 2.97. The number of aromatic nitrogens is 2. The Bertz CT molecular complexity index is 1560. The number of carboxylic acids is 1. The van der Waals surface area contributed by atoms with Crippen molar-refractivity contribution in [3.8, 4) is 23.8 Å². The van der Waals surface area contributed by atoms with Gasteiger partial charge in [-0.3, -0.25) is 4.79 Å². The number of nitrogens with one attached hydrogen (secondary N) is 1. The van der Waals surface area contributed by atoms with Gasteiger partial charge in [0, 0.05) is 36.2 Å². The molecule has 0 aliphatic heterocycles. The number of hydrogen-bond acceptors (Lipinski definition) is 7. The molecule has 1 unspecified atom stereocenters. The minimum Gasteiger partial charge on any atom is -0.490 e. The van der Waals surface area contributed by atoms with Crippen molar-refractivity contribution in [1.29, 1.82) is 0 Å². The molecular weight excluding hydrogens is 530 g/mol. The van der Waals surface area contributed by atoms with Gasteiger partial charge in [0.1, 0.15) is 18.8 Å². The van der Waals surface area contributed by atoms with Crippen LogP contribution in [0.5, 0.6) is 11.5 Å². The number of anilines is 2. The molecule has 0 aliphatic rings. The first kappa shape index (κ1) is 30.4. The topological polar surface area (TPSA) is 103 Å². The van der Waals surface area contributed by atoms with Crippen molar-refractivity contribution in [2.24, 2.45) is 5.92 Å². The molecule has 1 heterocycles. The van der Waals surface area contributed by atoms with Crippen LogP contribution >= 0.6 is 0 Å². The first-order valence-electron chi connectivity index (χ1n) is 13.9. The molecule has 8 nitrogen and oxygen atoms in total. The van der Waals surface area contributed by atoms with Crippen LogP contribution in [0.25, 0.3) is 10.9 Å². The van der Waals surface area contributed by atoms with Crippen LogP contribution in [-0.2, 0) is 21.4 Å². The molecule has 42 heavy (non-hydrogen) atoms. The van der Waals surface area contributed by atoms with Gasteiger partial charge in [-0.1, -0.05) is 50.1 Å². The number of aliphatic carboxylic acids is 1. The maximum absolute atomic E-state index is 12.5. The third-order valence-electron chi connectivity index (χ3n) is 7.10. The van der Waals surface area contributed by atoms with E-state index < -0.39 is 11.4 Å². The molecule has 0 aliphatic carbocycles. The van der Waals surface area contributed by atoms with E-state index in [4.69, 9.17) is 20.6 Å². The van der Waals surface area contributed by atoms with Crippen LogP contribution in [0.3, 0.4) is 0 Å². The molecule has 1 aromatic heterocycles. The first-order chi connectivity index (χ1) is 20.2. The summed E-state index contributed by atoms with van der Waals surface area (Å²) in [6.45, 7) is 6.89. The van der Waals surface area contributed by atoms with Gasteiger partial charge in [0.2, 0.25) is 0 Å². The zero-order valence-electron chi connectivity index (χ0n) is 24.5.